The molecule has 144 valence electrons. The molecule has 0 radical (unpaired) electrons. The van der Waals surface area contributed by atoms with Crippen molar-refractivity contribution >= 4 is 21.8 Å². The Morgan fingerprint density at radius 3 is 2.48 bits per heavy atom. The predicted octanol–water partition coefficient (Wildman–Crippen LogP) is -0.0443. The number of nitriles is 1. The summed E-state index contributed by atoms with van der Waals surface area (Å²) in [5.41, 5.74) is 0.247. The molecular weight excluding hydrogens is 376 g/mol. The molecule has 1 atom stereocenters. The van der Waals surface area contributed by atoms with Gasteiger partial charge in [0.15, 0.2) is 5.69 Å². The van der Waals surface area contributed by atoms with Crippen molar-refractivity contribution in [3.05, 3.63) is 44.7 Å². The maximum Gasteiger partial charge on any atom is 0.277 e. The van der Waals surface area contributed by atoms with E-state index in [4.69, 9.17) is 5.26 Å². The van der Waals surface area contributed by atoms with Crippen molar-refractivity contribution in [2.75, 3.05) is 0 Å². The second-order valence-corrected chi connectivity index (χ2v) is 7.04. The van der Waals surface area contributed by atoms with E-state index < -0.39 is 6.04 Å². The average molecular weight is 390 g/mol. The van der Waals surface area contributed by atoms with Crippen LogP contribution in [0.2, 0.25) is 0 Å². The summed E-state index contributed by atoms with van der Waals surface area (Å²) in [7, 11) is 0. The first kappa shape index (κ1) is 17.1. The van der Waals surface area contributed by atoms with Gasteiger partial charge in [-0.3, -0.25) is 9.59 Å². The molecule has 29 heavy (non-hydrogen) atoms. The van der Waals surface area contributed by atoms with Gasteiger partial charge in [-0.25, -0.2) is 9.36 Å². The van der Waals surface area contributed by atoms with Crippen LogP contribution in [0.1, 0.15) is 37.5 Å². The van der Waals surface area contributed by atoms with Crippen LogP contribution in [0.25, 0.3) is 21.8 Å². The van der Waals surface area contributed by atoms with Gasteiger partial charge in [-0.2, -0.15) is 15.2 Å². The van der Waals surface area contributed by atoms with E-state index in [-0.39, 0.29) is 29.4 Å². The minimum absolute atomic E-state index is 0.104. The van der Waals surface area contributed by atoms with Crippen LogP contribution in [0.3, 0.4) is 0 Å². The Morgan fingerprint density at radius 2 is 1.83 bits per heavy atom. The Labute approximate surface area is 162 Å². The first-order valence-electron chi connectivity index (χ1n) is 9.04. The number of hydrogen-bond donors (Lipinski definition) is 0. The van der Waals surface area contributed by atoms with Gasteiger partial charge in [0.25, 0.3) is 11.1 Å². The molecule has 1 aliphatic rings. The lowest BCUT2D eigenvalue weighted by molar-refractivity contribution is 0.358. The van der Waals surface area contributed by atoms with Crippen molar-refractivity contribution < 1.29 is 0 Å². The van der Waals surface area contributed by atoms with Crippen LogP contribution < -0.4 is 11.1 Å². The zero-order valence-corrected chi connectivity index (χ0v) is 15.3. The van der Waals surface area contributed by atoms with E-state index in [1.54, 1.807) is 6.92 Å². The molecule has 0 N–H and O–H groups in total. The predicted molar refractivity (Wildman–Crippen MR) is 98.9 cm³/mol. The molecule has 0 spiro atoms. The van der Waals surface area contributed by atoms with Gasteiger partial charge in [0.1, 0.15) is 17.1 Å². The molecule has 4 aromatic rings. The molecule has 0 saturated heterocycles. The first-order chi connectivity index (χ1) is 14.0. The largest absolute Gasteiger partial charge is 0.277 e. The van der Waals surface area contributed by atoms with Crippen LogP contribution >= 0.6 is 0 Å². The third-order valence-electron chi connectivity index (χ3n) is 4.88. The normalized spacial score (nSPS) is 14.9. The van der Waals surface area contributed by atoms with Gasteiger partial charge in [0, 0.05) is 0 Å². The van der Waals surface area contributed by atoms with Crippen molar-refractivity contribution in [3.63, 3.8) is 0 Å². The molecule has 0 aliphatic heterocycles. The maximum absolute atomic E-state index is 13.0. The number of benzene rings is 1. The Bertz CT molecular complexity index is 1420. The summed E-state index contributed by atoms with van der Waals surface area (Å²) >= 11 is 0. The van der Waals surface area contributed by atoms with E-state index in [0.717, 1.165) is 12.8 Å². The Balaban J connectivity index is 1.57. The van der Waals surface area contributed by atoms with Crippen LogP contribution in [-0.2, 0) is 6.54 Å². The summed E-state index contributed by atoms with van der Waals surface area (Å²) in [6.07, 6.45) is 3.18. The van der Waals surface area contributed by atoms with E-state index >= 15 is 0 Å². The van der Waals surface area contributed by atoms with Crippen LogP contribution in [0.15, 0.2) is 27.9 Å². The Morgan fingerprint density at radius 1 is 1.14 bits per heavy atom. The lowest BCUT2D eigenvalue weighted by Crippen LogP contribution is -2.30. The van der Waals surface area contributed by atoms with Gasteiger partial charge < -0.3 is 0 Å². The summed E-state index contributed by atoms with van der Waals surface area (Å²) in [5.74, 6) is 0. The summed E-state index contributed by atoms with van der Waals surface area (Å²) in [5, 5.41) is 33.7. The third-order valence-corrected chi connectivity index (χ3v) is 4.88. The topological polar surface area (TPSA) is 150 Å². The van der Waals surface area contributed by atoms with Gasteiger partial charge in [0.05, 0.1) is 35.6 Å². The van der Waals surface area contributed by atoms with Crippen LogP contribution in [0.5, 0.6) is 0 Å². The highest BCUT2D eigenvalue weighted by Crippen LogP contribution is 2.32. The molecule has 0 bridgehead atoms. The highest BCUT2D eigenvalue weighted by molar-refractivity contribution is 5.93. The summed E-state index contributed by atoms with van der Waals surface area (Å²) in [4.78, 5) is 26.9. The molecule has 1 aromatic carbocycles. The molecule has 12 nitrogen and oxygen atoms in total. The molecule has 12 heteroatoms. The molecular formula is C17H14N10O2. The second kappa shape index (κ2) is 6.26. The first-order valence-corrected chi connectivity index (χ1v) is 9.04. The monoisotopic (exact) mass is 390 g/mol. The third kappa shape index (κ3) is 2.83. The Kier molecular flexibility index (Phi) is 3.70. The van der Waals surface area contributed by atoms with Crippen LogP contribution in [-0.4, -0.2) is 45.0 Å². The minimum Gasteiger partial charge on any atom is -0.267 e. The number of hydrogen-bond acceptors (Lipinski definition) is 9. The lowest BCUT2D eigenvalue weighted by Gasteiger charge is -2.12. The highest BCUT2D eigenvalue weighted by atomic mass is 16.1. The van der Waals surface area contributed by atoms with Gasteiger partial charge >= 0.3 is 0 Å². The van der Waals surface area contributed by atoms with E-state index in [1.807, 2.05) is 6.07 Å². The fraction of sp³-hybridized carbons (Fsp3) is 0.353. The van der Waals surface area contributed by atoms with Crippen LogP contribution in [0, 0.1) is 11.3 Å². The number of fused-ring (bicyclic) bond motifs is 2. The van der Waals surface area contributed by atoms with Gasteiger partial charge in [-0.15, -0.1) is 15.3 Å². The van der Waals surface area contributed by atoms with Crippen molar-refractivity contribution in [1.29, 1.82) is 5.26 Å². The van der Waals surface area contributed by atoms with E-state index in [1.165, 1.54) is 32.5 Å². The SMILES string of the molecule is C[C@H](Cn1ncc(C#N)n1)n1nnc2cc3c(=O)n(C4CC4)nnc3cc2c1=O. The van der Waals surface area contributed by atoms with Crippen molar-refractivity contribution in [1.82, 2.24) is 45.0 Å². The quantitative estimate of drug-likeness (QED) is 0.437. The standard InChI is InChI=1S/C17H14N10O2/c1-9(8-25-19-7-10(6-18)22-25)26-16(28)12-4-15-13(5-14(12)20-23-26)17(29)27(24-21-15)11-2-3-11/h4-5,7,9,11H,2-3,8H2,1H3/t9-/m1/s1. The van der Waals surface area contributed by atoms with E-state index in [9.17, 15) is 9.59 Å². The van der Waals surface area contributed by atoms with E-state index in [2.05, 4.69) is 30.8 Å². The molecule has 3 aromatic heterocycles. The number of rotatable bonds is 4. The zero-order valence-electron chi connectivity index (χ0n) is 15.3. The Hall–Kier alpha value is -4.01. The zero-order chi connectivity index (χ0) is 20.1. The molecule has 1 fully saturated rings. The van der Waals surface area contributed by atoms with E-state index in [0.29, 0.717) is 21.8 Å². The van der Waals surface area contributed by atoms with Crippen molar-refractivity contribution in [2.24, 2.45) is 0 Å². The molecule has 5 rings (SSSR count). The van der Waals surface area contributed by atoms with Gasteiger partial charge in [0.2, 0.25) is 0 Å². The number of nitrogens with zero attached hydrogens (tertiary/aromatic N) is 10. The minimum atomic E-state index is -0.414. The fourth-order valence-corrected chi connectivity index (χ4v) is 3.20. The summed E-state index contributed by atoms with van der Waals surface area (Å²) in [6, 6.07) is 4.66. The average Bonchev–Trinajstić information content (AvgIpc) is 3.46. The number of aromatic nitrogens is 9. The smallest absolute Gasteiger partial charge is 0.267 e. The highest BCUT2D eigenvalue weighted by Gasteiger charge is 2.27. The summed E-state index contributed by atoms with van der Waals surface area (Å²) < 4.78 is 2.61. The van der Waals surface area contributed by atoms with Crippen molar-refractivity contribution in [3.8, 4) is 6.07 Å². The maximum atomic E-state index is 13.0. The molecule has 0 unspecified atom stereocenters. The molecule has 0 amide bonds. The van der Waals surface area contributed by atoms with Gasteiger partial charge in [-0.1, -0.05) is 10.4 Å². The van der Waals surface area contributed by atoms with Crippen LogP contribution in [0.4, 0.5) is 0 Å². The fourth-order valence-electron chi connectivity index (χ4n) is 3.20. The summed E-state index contributed by atoms with van der Waals surface area (Å²) in [6.45, 7) is 2.01. The van der Waals surface area contributed by atoms with Crippen molar-refractivity contribution in [2.45, 2.75) is 38.4 Å². The lowest BCUT2D eigenvalue weighted by atomic mass is 10.2. The molecule has 1 aliphatic carbocycles. The molecule has 1 saturated carbocycles. The second-order valence-electron chi connectivity index (χ2n) is 7.04. The molecule has 3 heterocycles. The van der Waals surface area contributed by atoms with Gasteiger partial charge in [-0.05, 0) is 31.9 Å².